The number of thioether (sulfide) groups is 1. The van der Waals surface area contributed by atoms with E-state index in [1.54, 1.807) is 11.8 Å². The maximum absolute atomic E-state index is 11.2. The summed E-state index contributed by atoms with van der Waals surface area (Å²) in [6.07, 6.45) is 6.79. The first-order chi connectivity index (χ1) is 8.19. The monoisotopic (exact) mass is 249 g/mol. The summed E-state index contributed by atoms with van der Waals surface area (Å²) in [6.45, 7) is 0. The van der Waals surface area contributed by atoms with E-state index in [0.29, 0.717) is 11.7 Å². The first-order valence-corrected chi connectivity index (χ1v) is 7.35. The molecule has 0 aromatic heterocycles. The highest BCUT2D eigenvalue weighted by atomic mass is 32.2. The molecule has 1 aromatic carbocycles. The largest absolute Gasteiger partial charge is 0.398 e. The molecule has 0 atom stereocenters. The Kier molecular flexibility index (Phi) is 4.11. The number of carbonyl (C=O) groups is 1. The van der Waals surface area contributed by atoms with Crippen LogP contribution in [0.1, 0.15) is 31.2 Å². The molecule has 0 bridgehead atoms. The van der Waals surface area contributed by atoms with E-state index in [-0.39, 0.29) is 0 Å². The Bertz CT molecular complexity index is 407. The molecule has 1 aliphatic carbocycles. The van der Waals surface area contributed by atoms with Crippen LogP contribution in [-0.4, -0.2) is 12.0 Å². The molecule has 2 nitrogen and oxygen atoms in total. The first-order valence-electron chi connectivity index (χ1n) is 6.13. The maximum Gasteiger partial charge on any atom is 0.132 e. The van der Waals surface area contributed by atoms with Crippen molar-refractivity contribution >= 4 is 23.2 Å². The second-order valence-corrected chi connectivity index (χ2v) is 5.61. The van der Waals surface area contributed by atoms with Gasteiger partial charge in [0.2, 0.25) is 0 Å². The SMILES string of the molecule is CSc1cc(CC2CCC(=O)CC2)ccc1N. The second-order valence-electron chi connectivity index (χ2n) is 4.76. The normalized spacial score (nSPS) is 17.4. The van der Waals surface area contributed by atoms with Crippen molar-refractivity contribution in [2.45, 2.75) is 37.0 Å². The third kappa shape index (κ3) is 3.25. The van der Waals surface area contributed by atoms with Crippen LogP contribution < -0.4 is 5.73 Å². The number of benzene rings is 1. The highest BCUT2D eigenvalue weighted by molar-refractivity contribution is 7.98. The predicted molar refractivity (Wildman–Crippen MR) is 73.3 cm³/mol. The van der Waals surface area contributed by atoms with Crippen molar-refractivity contribution in [1.29, 1.82) is 0 Å². The Morgan fingerprint density at radius 2 is 2.06 bits per heavy atom. The number of rotatable bonds is 3. The van der Waals surface area contributed by atoms with E-state index >= 15 is 0 Å². The van der Waals surface area contributed by atoms with Crippen LogP contribution in [0, 0.1) is 5.92 Å². The molecule has 0 amide bonds. The molecule has 92 valence electrons. The Morgan fingerprint density at radius 1 is 1.35 bits per heavy atom. The topological polar surface area (TPSA) is 43.1 Å². The van der Waals surface area contributed by atoms with Crippen LogP contribution in [0.3, 0.4) is 0 Å². The molecule has 0 spiro atoms. The average Bonchev–Trinajstić information content (AvgIpc) is 2.34. The van der Waals surface area contributed by atoms with Crippen molar-refractivity contribution in [1.82, 2.24) is 0 Å². The van der Waals surface area contributed by atoms with Crippen LogP contribution in [0.4, 0.5) is 5.69 Å². The van der Waals surface area contributed by atoms with Crippen LogP contribution in [0.15, 0.2) is 23.1 Å². The van der Waals surface area contributed by atoms with Crippen molar-refractivity contribution in [2.75, 3.05) is 12.0 Å². The van der Waals surface area contributed by atoms with Crippen LogP contribution >= 0.6 is 11.8 Å². The van der Waals surface area contributed by atoms with Gasteiger partial charge in [0.15, 0.2) is 0 Å². The van der Waals surface area contributed by atoms with Crippen molar-refractivity contribution < 1.29 is 4.79 Å². The number of hydrogen-bond acceptors (Lipinski definition) is 3. The van der Waals surface area contributed by atoms with E-state index in [4.69, 9.17) is 5.73 Å². The molecule has 0 radical (unpaired) electrons. The highest BCUT2D eigenvalue weighted by Gasteiger charge is 2.19. The van der Waals surface area contributed by atoms with Gasteiger partial charge in [-0.25, -0.2) is 0 Å². The lowest BCUT2D eigenvalue weighted by atomic mass is 9.84. The minimum Gasteiger partial charge on any atom is -0.398 e. The van der Waals surface area contributed by atoms with Crippen molar-refractivity contribution in [3.63, 3.8) is 0 Å². The Morgan fingerprint density at radius 3 is 2.71 bits per heavy atom. The molecule has 0 saturated heterocycles. The molecule has 0 aliphatic heterocycles. The molecule has 1 aromatic rings. The quantitative estimate of drug-likeness (QED) is 0.660. The second kappa shape index (κ2) is 5.58. The number of anilines is 1. The zero-order valence-corrected chi connectivity index (χ0v) is 11.1. The van der Waals surface area contributed by atoms with E-state index in [0.717, 1.165) is 42.7 Å². The van der Waals surface area contributed by atoms with Gasteiger partial charge < -0.3 is 5.73 Å². The number of Topliss-reactive ketones (excluding diaryl/α,β-unsaturated/α-hetero) is 1. The minimum absolute atomic E-state index is 0.434. The summed E-state index contributed by atoms with van der Waals surface area (Å²) in [7, 11) is 0. The van der Waals surface area contributed by atoms with Gasteiger partial charge in [-0.2, -0.15) is 0 Å². The fourth-order valence-electron chi connectivity index (χ4n) is 2.42. The molecule has 0 unspecified atom stereocenters. The van der Waals surface area contributed by atoms with Gasteiger partial charge in [-0.15, -0.1) is 11.8 Å². The van der Waals surface area contributed by atoms with Gasteiger partial charge in [0.1, 0.15) is 5.78 Å². The molecule has 17 heavy (non-hydrogen) atoms. The number of ketones is 1. The van der Waals surface area contributed by atoms with Gasteiger partial charge in [-0.3, -0.25) is 4.79 Å². The van der Waals surface area contributed by atoms with Gasteiger partial charge in [-0.1, -0.05) is 6.07 Å². The van der Waals surface area contributed by atoms with Crippen molar-refractivity contribution in [2.24, 2.45) is 5.92 Å². The third-order valence-electron chi connectivity index (χ3n) is 3.49. The van der Waals surface area contributed by atoms with Gasteiger partial charge in [-0.05, 0) is 49.1 Å². The highest BCUT2D eigenvalue weighted by Crippen LogP contribution is 2.28. The summed E-state index contributed by atoms with van der Waals surface area (Å²) in [5, 5.41) is 0. The smallest absolute Gasteiger partial charge is 0.132 e. The van der Waals surface area contributed by atoms with Crippen LogP contribution in [-0.2, 0) is 11.2 Å². The molecule has 3 heteroatoms. The average molecular weight is 249 g/mol. The predicted octanol–water partition coefficient (Wildman–Crippen LogP) is 3.29. The first kappa shape index (κ1) is 12.5. The third-order valence-corrected chi connectivity index (χ3v) is 4.28. The minimum atomic E-state index is 0.434. The van der Waals surface area contributed by atoms with Gasteiger partial charge >= 0.3 is 0 Å². The molecule has 1 fully saturated rings. The Hall–Kier alpha value is -0.960. The Balaban J connectivity index is 2.01. The number of nitrogen functional groups attached to an aromatic ring is 1. The molecule has 2 N–H and O–H groups in total. The van der Waals surface area contributed by atoms with Gasteiger partial charge in [0, 0.05) is 23.4 Å². The summed E-state index contributed by atoms with van der Waals surface area (Å²) in [4.78, 5) is 12.3. The van der Waals surface area contributed by atoms with Crippen LogP contribution in [0.5, 0.6) is 0 Å². The molecule has 2 rings (SSSR count). The molecule has 0 heterocycles. The van der Waals surface area contributed by atoms with Crippen molar-refractivity contribution in [3.05, 3.63) is 23.8 Å². The van der Waals surface area contributed by atoms with E-state index in [1.165, 1.54) is 5.56 Å². The van der Waals surface area contributed by atoms with Crippen molar-refractivity contribution in [3.8, 4) is 0 Å². The fourth-order valence-corrected chi connectivity index (χ4v) is 2.99. The molecular weight excluding hydrogens is 230 g/mol. The summed E-state index contributed by atoms with van der Waals surface area (Å²) in [5.74, 6) is 1.11. The zero-order chi connectivity index (χ0) is 12.3. The summed E-state index contributed by atoms with van der Waals surface area (Å²) >= 11 is 1.69. The van der Waals surface area contributed by atoms with E-state index < -0.39 is 0 Å². The zero-order valence-electron chi connectivity index (χ0n) is 10.2. The summed E-state index contributed by atoms with van der Waals surface area (Å²) in [6, 6.07) is 6.30. The summed E-state index contributed by atoms with van der Waals surface area (Å²) in [5.41, 5.74) is 8.10. The fraction of sp³-hybridized carbons (Fsp3) is 0.500. The molecule has 1 aliphatic rings. The lowest BCUT2D eigenvalue weighted by Crippen LogP contribution is -2.15. The lowest BCUT2D eigenvalue weighted by Gasteiger charge is -2.21. The van der Waals surface area contributed by atoms with E-state index in [9.17, 15) is 4.79 Å². The summed E-state index contributed by atoms with van der Waals surface area (Å²) < 4.78 is 0. The lowest BCUT2D eigenvalue weighted by molar-refractivity contribution is -0.120. The standard InChI is InChI=1S/C14H19NOS/c1-17-14-9-11(4-7-13(14)15)8-10-2-5-12(16)6-3-10/h4,7,9-10H,2-3,5-6,8,15H2,1H3. The number of carbonyl (C=O) groups excluding carboxylic acids is 1. The van der Waals surface area contributed by atoms with Gasteiger partial charge in [0.05, 0.1) is 0 Å². The number of hydrogen-bond donors (Lipinski definition) is 1. The van der Waals surface area contributed by atoms with E-state index in [1.807, 2.05) is 6.07 Å². The maximum atomic E-state index is 11.2. The van der Waals surface area contributed by atoms with E-state index in [2.05, 4.69) is 18.4 Å². The number of nitrogens with two attached hydrogens (primary N) is 1. The van der Waals surface area contributed by atoms with Crippen LogP contribution in [0.2, 0.25) is 0 Å². The van der Waals surface area contributed by atoms with Gasteiger partial charge in [0.25, 0.3) is 0 Å². The Labute approximate surface area is 107 Å². The molecule has 1 saturated carbocycles. The molecular formula is C14H19NOS. The van der Waals surface area contributed by atoms with Crippen LogP contribution in [0.25, 0.3) is 0 Å².